The smallest absolute Gasteiger partial charge is 0.418 e. The molecule has 1 aromatic carbocycles. The lowest BCUT2D eigenvalue weighted by atomic mass is 9.62. The number of fused-ring (bicyclic) bond motifs is 2. The van der Waals surface area contributed by atoms with Gasteiger partial charge in [0.05, 0.1) is 41.3 Å². The first-order valence-corrected chi connectivity index (χ1v) is 16.0. The molecule has 1 aromatic heterocycles. The highest BCUT2D eigenvalue weighted by Crippen LogP contribution is 2.50. The maximum absolute atomic E-state index is 15.6. The number of nitrogen functional groups attached to an aromatic ring is 1. The molecule has 0 amide bonds. The number of alkyl halides is 3. The van der Waals surface area contributed by atoms with Crippen molar-refractivity contribution in [3.05, 3.63) is 52.0 Å². The van der Waals surface area contributed by atoms with Gasteiger partial charge in [-0.1, -0.05) is 18.1 Å². The second-order valence-corrected chi connectivity index (χ2v) is 13.8. The van der Waals surface area contributed by atoms with E-state index in [-0.39, 0.29) is 36.1 Å². The van der Waals surface area contributed by atoms with Gasteiger partial charge in [0.25, 0.3) is 0 Å². The Morgan fingerprint density at radius 3 is 2.74 bits per heavy atom. The zero-order valence-corrected chi connectivity index (χ0v) is 26.0. The Kier molecular flexibility index (Phi) is 7.73. The summed E-state index contributed by atoms with van der Waals surface area (Å²) in [6.07, 6.45) is -0.424. The highest BCUT2D eigenvalue weighted by atomic mass is 19.4. The van der Waals surface area contributed by atoms with E-state index in [1.54, 1.807) is 0 Å². The predicted molar refractivity (Wildman–Crippen MR) is 164 cm³/mol. The van der Waals surface area contributed by atoms with E-state index >= 15 is 4.39 Å². The Morgan fingerprint density at radius 1 is 1.22 bits per heavy atom. The number of aromatic nitrogens is 2. The van der Waals surface area contributed by atoms with Gasteiger partial charge >= 0.3 is 12.2 Å². The predicted octanol–water partition coefficient (Wildman–Crippen LogP) is 5.32. The van der Waals surface area contributed by atoms with Gasteiger partial charge in [-0.05, 0) is 69.9 Å². The molecule has 2 atom stereocenters. The third kappa shape index (κ3) is 5.40. The zero-order chi connectivity index (χ0) is 32.4. The van der Waals surface area contributed by atoms with Crippen LogP contribution < -0.4 is 15.4 Å². The largest absolute Gasteiger partial charge is 0.461 e. The quantitative estimate of drug-likeness (QED) is 0.196. The van der Waals surface area contributed by atoms with Gasteiger partial charge in [0.2, 0.25) is 0 Å². The van der Waals surface area contributed by atoms with Crippen LogP contribution in [0.3, 0.4) is 0 Å². The summed E-state index contributed by atoms with van der Waals surface area (Å²) in [6, 6.07) is 1.07. The first-order valence-electron chi connectivity index (χ1n) is 16.0. The van der Waals surface area contributed by atoms with Crippen LogP contribution in [0.25, 0.3) is 0 Å². The maximum Gasteiger partial charge on any atom is 0.418 e. The number of halogens is 4. The summed E-state index contributed by atoms with van der Waals surface area (Å²) in [5.41, 5.74) is 5.28. The monoisotopic (exact) mass is 641 g/mol. The average Bonchev–Trinajstić information content (AvgIpc) is 3.51. The lowest BCUT2D eigenvalue weighted by molar-refractivity contribution is -0.140. The van der Waals surface area contributed by atoms with Gasteiger partial charge in [0.1, 0.15) is 12.4 Å². The van der Waals surface area contributed by atoms with E-state index < -0.39 is 40.5 Å². The van der Waals surface area contributed by atoms with Crippen LogP contribution in [0.1, 0.15) is 85.9 Å². The number of rotatable bonds is 5. The summed E-state index contributed by atoms with van der Waals surface area (Å²) in [7, 11) is 0. The molecule has 12 heteroatoms. The maximum atomic E-state index is 15.6. The second-order valence-electron chi connectivity index (χ2n) is 13.8. The summed E-state index contributed by atoms with van der Waals surface area (Å²) in [6.45, 7) is 9.08. The molecule has 2 unspecified atom stereocenters. The van der Waals surface area contributed by atoms with Crippen LogP contribution in [0, 0.1) is 23.1 Å². The summed E-state index contributed by atoms with van der Waals surface area (Å²) >= 11 is 0. The van der Waals surface area contributed by atoms with Gasteiger partial charge in [-0.3, -0.25) is 4.90 Å². The SMILES string of the molecule is C=C1CN2CCCC2(COc2nc3c(c(N4CCCC5(CC(O)C5)C4)n2)COC(c2c(F)c(N)cc(C#CC)c2C(F)(F)F)C3)C1. The Balaban J connectivity index is 1.27. The van der Waals surface area contributed by atoms with Gasteiger partial charge < -0.3 is 25.2 Å². The van der Waals surface area contributed by atoms with Crippen molar-refractivity contribution in [3.63, 3.8) is 0 Å². The lowest BCUT2D eigenvalue weighted by Gasteiger charge is -2.51. The molecule has 4 fully saturated rings. The molecule has 1 aliphatic carbocycles. The number of hydrogen-bond acceptors (Lipinski definition) is 8. The number of hydrogen-bond donors (Lipinski definition) is 2. The van der Waals surface area contributed by atoms with Crippen LogP contribution in [0.5, 0.6) is 6.01 Å². The van der Waals surface area contributed by atoms with Crippen molar-refractivity contribution < 1.29 is 32.1 Å². The molecular formula is C34H39F4N5O3. The minimum absolute atomic E-state index is 0.00881. The normalized spacial score (nSPS) is 29.3. The molecule has 0 bridgehead atoms. The minimum Gasteiger partial charge on any atom is -0.461 e. The van der Waals surface area contributed by atoms with Gasteiger partial charge in [-0.15, -0.1) is 5.92 Å². The zero-order valence-electron chi connectivity index (χ0n) is 26.0. The second kappa shape index (κ2) is 11.4. The molecule has 0 radical (unpaired) electrons. The number of aliphatic hydroxyl groups excluding tert-OH is 1. The molecular weight excluding hydrogens is 602 g/mol. The number of anilines is 2. The molecule has 3 N–H and O–H groups in total. The first-order chi connectivity index (χ1) is 21.9. The highest BCUT2D eigenvalue weighted by molar-refractivity contribution is 5.59. The van der Waals surface area contributed by atoms with Gasteiger partial charge in [0, 0.05) is 42.7 Å². The van der Waals surface area contributed by atoms with E-state index in [1.165, 1.54) is 6.92 Å². The Morgan fingerprint density at radius 2 is 2.00 bits per heavy atom. The molecule has 1 saturated carbocycles. The van der Waals surface area contributed by atoms with E-state index in [9.17, 15) is 18.3 Å². The van der Waals surface area contributed by atoms with E-state index in [0.717, 1.165) is 76.2 Å². The molecule has 7 rings (SSSR count). The van der Waals surface area contributed by atoms with Crippen molar-refractivity contribution >= 4 is 11.5 Å². The average molecular weight is 642 g/mol. The Bertz CT molecular complexity index is 1620. The van der Waals surface area contributed by atoms with E-state index in [4.69, 9.17) is 25.2 Å². The van der Waals surface area contributed by atoms with Crippen molar-refractivity contribution in [1.82, 2.24) is 14.9 Å². The number of nitrogens with zero attached hydrogens (tertiary/aromatic N) is 4. The Hall–Kier alpha value is -3.40. The third-order valence-corrected chi connectivity index (χ3v) is 10.6. The fourth-order valence-corrected chi connectivity index (χ4v) is 8.59. The van der Waals surface area contributed by atoms with E-state index in [1.807, 2.05) is 0 Å². The lowest BCUT2D eigenvalue weighted by Crippen LogP contribution is -2.53. The molecule has 4 aliphatic heterocycles. The standard InChI is InChI=1S/C34H39F4N5O3/c1-3-6-21-11-24(39)29(35)27(28(21)34(36,37)38)26-12-25-23(17-45-26)30(42-9-4-7-32(18-42)14-22(44)15-32)41-31(40-25)46-19-33-8-5-10-43(33)16-20(2)13-33/h11,22,26,44H,2,4-5,7-10,12-19,39H2,1H3. The molecule has 3 saturated heterocycles. The molecule has 5 heterocycles. The van der Waals surface area contributed by atoms with E-state index in [0.29, 0.717) is 30.2 Å². The Labute approximate surface area is 266 Å². The van der Waals surface area contributed by atoms with Crippen molar-refractivity contribution in [2.45, 2.75) is 88.8 Å². The molecule has 46 heavy (non-hydrogen) atoms. The van der Waals surface area contributed by atoms with Crippen molar-refractivity contribution in [2.24, 2.45) is 5.41 Å². The van der Waals surface area contributed by atoms with Crippen molar-refractivity contribution in [2.75, 3.05) is 43.4 Å². The number of ether oxygens (including phenoxy) is 2. The summed E-state index contributed by atoms with van der Waals surface area (Å²) in [4.78, 5) is 14.2. The third-order valence-electron chi connectivity index (χ3n) is 10.6. The summed E-state index contributed by atoms with van der Waals surface area (Å²) < 4.78 is 71.4. The molecule has 246 valence electrons. The number of benzene rings is 1. The highest BCUT2D eigenvalue weighted by Gasteiger charge is 2.49. The van der Waals surface area contributed by atoms with Crippen LogP contribution in [0.15, 0.2) is 18.2 Å². The molecule has 2 aromatic rings. The van der Waals surface area contributed by atoms with Crippen LogP contribution in [-0.2, 0) is 23.9 Å². The van der Waals surface area contributed by atoms with Crippen LogP contribution in [-0.4, -0.2) is 64.4 Å². The first kappa shape index (κ1) is 31.2. The van der Waals surface area contributed by atoms with Gasteiger partial charge in [-0.2, -0.15) is 23.1 Å². The molecule has 1 spiro atoms. The number of nitrogens with two attached hydrogens (primary N) is 1. The van der Waals surface area contributed by atoms with Gasteiger partial charge in [0.15, 0.2) is 5.82 Å². The summed E-state index contributed by atoms with van der Waals surface area (Å²) in [5.74, 6) is 4.37. The van der Waals surface area contributed by atoms with Crippen LogP contribution >= 0.6 is 0 Å². The van der Waals surface area contributed by atoms with E-state index in [2.05, 4.69) is 28.2 Å². The van der Waals surface area contributed by atoms with Gasteiger partial charge in [-0.25, -0.2) is 4.39 Å². The fourth-order valence-electron chi connectivity index (χ4n) is 8.59. The minimum atomic E-state index is -4.90. The molecule has 5 aliphatic rings. The topological polar surface area (TPSA) is 97.0 Å². The fraction of sp³-hybridized carbons (Fsp3) is 0.588. The number of piperidine rings is 1. The molecule has 8 nitrogen and oxygen atoms in total. The van der Waals surface area contributed by atoms with Crippen molar-refractivity contribution in [3.8, 4) is 17.9 Å². The number of aliphatic hydroxyl groups is 1. The van der Waals surface area contributed by atoms with Crippen LogP contribution in [0.2, 0.25) is 0 Å². The van der Waals surface area contributed by atoms with Crippen molar-refractivity contribution in [1.29, 1.82) is 0 Å². The van der Waals surface area contributed by atoms with Crippen LogP contribution in [0.4, 0.5) is 29.1 Å². The summed E-state index contributed by atoms with van der Waals surface area (Å²) in [5, 5.41) is 10.1.